The van der Waals surface area contributed by atoms with Crippen molar-refractivity contribution >= 4 is 35.8 Å². The SMILES string of the molecule is CN=C(NCCNC(=O)CC1CCCCC1)N1CC2OCCN(Cc3ccccc3)C2C1.I. The summed E-state index contributed by atoms with van der Waals surface area (Å²) in [6.45, 7) is 5.77. The standard InChI is InChI=1S/C25H39N5O2.HI/c1-26-25(28-13-12-27-24(31)16-20-8-4-2-5-9-20)30-18-22-23(19-30)32-15-14-29(22)17-21-10-6-3-7-11-21;/h3,6-7,10-11,20,22-23H,2,4-5,8-9,12-19H2,1H3,(H,26,28)(H,27,31);1H. The fourth-order valence-electron chi connectivity index (χ4n) is 5.38. The quantitative estimate of drug-likeness (QED) is 0.229. The molecule has 1 aromatic carbocycles. The Bertz CT molecular complexity index is 756. The number of halogens is 1. The molecule has 2 unspecified atom stereocenters. The van der Waals surface area contributed by atoms with Crippen LogP contribution in [0, 0.1) is 5.92 Å². The summed E-state index contributed by atoms with van der Waals surface area (Å²) in [6.07, 6.45) is 7.19. The van der Waals surface area contributed by atoms with Crippen LogP contribution in [0.4, 0.5) is 0 Å². The lowest BCUT2D eigenvalue weighted by Crippen LogP contribution is -2.50. The number of aliphatic imine (C=N–C) groups is 1. The molecule has 2 N–H and O–H groups in total. The topological polar surface area (TPSA) is 69.2 Å². The van der Waals surface area contributed by atoms with Gasteiger partial charge in [-0.05, 0) is 24.3 Å². The normalized spacial score (nSPS) is 24.2. The van der Waals surface area contributed by atoms with Crippen molar-refractivity contribution in [3.05, 3.63) is 35.9 Å². The van der Waals surface area contributed by atoms with Gasteiger partial charge < -0.3 is 20.3 Å². The summed E-state index contributed by atoms with van der Waals surface area (Å²) in [5, 5.41) is 6.51. The molecule has 0 aromatic heterocycles. The number of amides is 1. The van der Waals surface area contributed by atoms with Crippen LogP contribution in [0.1, 0.15) is 44.1 Å². The van der Waals surface area contributed by atoms with E-state index in [2.05, 4.69) is 55.8 Å². The molecule has 4 rings (SSSR count). The Hall–Kier alpha value is -1.39. The van der Waals surface area contributed by atoms with Gasteiger partial charge in [-0.1, -0.05) is 49.6 Å². The van der Waals surface area contributed by atoms with E-state index in [-0.39, 0.29) is 36.0 Å². The maximum absolute atomic E-state index is 12.2. The highest BCUT2D eigenvalue weighted by atomic mass is 127. The lowest BCUT2D eigenvalue weighted by atomic mass is 9.87. The molecule has 3 aliphatic rings. The van der Waals surface area contributed by atoms with Crippen molar-refractivity contribution in [2.45, 2.75) is 57.2 Å². The summed E-state index contributed by atoms with van der Waals surface area (Å²) in [4.78, 5) is 21.6. The number of ether oxygens (including phenoxy) is 1. The van der Waals surface area contributed by atoms with Gasteiger partial charge in [-0.3, -0.25) is 14.7 Å². The van der Waals surface area contributed by atoms with Gasteiger partial charge >= 0.3 is 0 Å². The Balaban J connectivity index is 0.00000306. The van der Waals surface area contributed by atoms with Crippen LogP contribution < -0.4 is 10.6 Å². The predicted molar refractivity (Wildman–Crippen MR) is 143 cm³/mol. The number of rotatable bonds is 7. The highest BCUT2D eigenvalue weighted by Crippen LogP contribution is 2.26. The van der Waals surface area contributed by atoms with Crippen LogP contribution >= 0.6 is 24.0 Å². The second kappa shape index (κ2) is 13.5. The number of benzene rings is 1. The van der Waals surface area contributed by atoms with Gasteiger partial charge in [-0.25, -0.2) is 0 Å². The summed E-state index contributed by atoms with van der Waals surface area (Å²) in [5.41, 5.74) is 1.35. The number of nitrogens with one attached hydrogen (secondary N) is 2. The second-order valence-corrected chi connectivity index (χ2v) is 9.37. The molecule has 2 saturated heterocycles. The van der Waals surface area contributed by atoms with Gasteiger partial charge in [-0.2, -0.15) is 0 Å². The molecule has 0 bridgehead atoms. The van der Waals surface area contributed by atoms with E-state index < -0.39 is 0 Å². The zero-order valence-corrected chi connectivity index (χ0v) is 22.2. The molecule has 2 atom stereocenters. The van der Waals surface area contributed by atoms with E-state index in [0.717, 1.165) is 38.7 Å². The van der Waals surface area contributed by atoms with Crippen LogP contribution in [0.25, 0.3) is 0 Å². The first-order valence-electron chi connectivity index (χ1n) is 12.3. The van der Waals surface area contributed by atoms with Crippen molar-refractivity contribution in [3.63, 3.8) is 0 Å². The number of guanidine groups is 1. The maximum atomic E-state index is 12.2. The zero-order valence-electron chi connectivity index (χ0n) is 19.9. The number of carbonyl (C=O) groups is 1. The molecular weight excluding hydrogens is 529 g/mol. The van der Waals surface area contributed by atoms with E-state index in [1.165, 1.54) is 37.7 Å². The van der Waals surface area contributed by atoms with Crippen LogP contribution in [-0.2, 0) is 16.1 Å². The number of carbonyl (C=O) groups excluding carboxylic acids is 1. The minimum absolute atomic E-state index is 0. The van der Waals surface area contributed by atoms with E-state index in [1.807, 2.05) is 7.05 Å². The molecular formula is C25H40IN5O2. The Morgan fingerprint density at radius 1 is 1.09 bits per heavy atom. The fraction of sp³-hybridized carbons (Fsp3) is 0.680. The summed E-state index contributed by atoms with van der Waals surface area (Å²) in [6, 6.07) is 11.0. The molecule has 2 aliphatic heterocycles. The highest BCUT2D eigenvalue weighted by Gasteiger charge is 2.41. The molecule has 3 fully saturated rings. The minimum atomic E-state index is 0. The summed E-state index contributed by atoms with van der Waals surface area (Å²) >= 11 is 0. The summed E-state index contributed by atoms with van der Waals surface area (Å²) in [5.74, 6) is 1.66. The van der Waals surface area contributed by atoms with E-state index >= 15 is 0 Å². The molecule has 1 saturated carbocycles. The second-order valence-electron chi connectivity index (χ2n) is 9.37. The third-order valence-corrected chi connectivity index (χ3v) is 7.09. The van der Waals surface area contributed by atoms with Gasteiger partial charge in [0.2, 0.25) is 5.91 Å². The van der Waals surface area contributed by atoms with Crippen LogP contribution in [0.2, 0.25) is 0 Å². The number of likely N-dealkylation sites (tertiary alicyclic amines) is 1. The number of hydrogen-bond acceptors (Lipinski definition) is 4. The van der Waals surface area contributed by atoms with Crippen LogP contribution in [-0.4, -0.2) is 80.2 Å². The Labute approximate surface area is 215 Å². The summed E-state index contributed by atoms with van der Waals surface area (Å²) in [7, 11) is 1.83. The molecule has 1 aliphatic carbocycles. The van der Waals surface area contributed by atoms with Gasteiger partial charge in [0.25, 0.3) is 0 Å². The average molecular weight is 570 g/mol. The fourth-order valence-corrected chi connectivity index (χ4v) is 5.38. The van der Waals surface area contributed by atoms with Crippen molar-refractivity contribution in [2.24, 2.45) is 10.9 Å². The van der Waals surface area contributed by atoms with Gasteiger partial charge in [0, 0.05) is 52.7 Å². The van der Waals surface area contributed by atoms with Crippen LogP contribution in [0.15, 0.2) is 35.3 Å². The van der Waals surface area contributed by atoms with Crippen molar-refractivity contribution in [3.8, 4) is 0 Å². The van der Waals surface area contributed by atoms with Gasteiger partial charge in [0.05, 0.1) is 18.8 Å². The molecule has 0 spiro atoms. The monoisotopic (exact) mass is 569 g/mol. The van der Waals surface area contributed by atoms with Crippen molar-refractivity contribution in [2.75, 3.05) is 46.4 Å². The van der Waals surface area contributed by atoms with Crippen LogP contribution in [0.3, 0.4) is 0 Å². The molecule has 184 valence electrons. The van der Waals surface area contributed by atoms with Gasteiger partial charge in [0.1, 0.15) is 0 Å². The smallest absolute Gasteiger partial charge is 0.220 e. The lowest BCUT2D eigenvalue weighted by molar-refractivity contribution is -0.122. The Morgan fingerprint density at radius 2 is 1.85 bits per heavy atom. The predicted octanol–water partition coefficient (Wildman–Crippen LogP) is 2.85. The molecule has 1 aromatic rings. The molecule has 1 amide bonds. The molecule has 2 heterocycles. The van der Waals surface area contributed by atoms with Crippen LogP contribution in [0.5, 0.6) is 0 Å². The molecule has 0 radical (unpaired) electrons. The Morgan fingerprint density at radius 3 is 2.61 bits per heavy atom. The first-order chi connectivity index (χ1) is 15.7. The van der Waals surface area contributed by atoms with Crippen molar-refractivity contribution < 1.29 is 9.53 Å². The molecule has 33 heavy (non-hydrogen) atoms. The third kappa shape index (κ3) is 7.55. The first kappa shape index (κ1) is 26.2. The number of hydrogen-bond donors (Lipinski definition) is 2. The highest BCUT2D eigenvalue weighted by molar-refractivity contribution is 14.0. The molecule has 8 heteroatoms. The third-order valence-electron chi connectivity index (χ3n) is 7.09. The minimum Gasteiger partial charge on any atom is -0.373 e. The van der Waals surface area contributed by atoms with E-state index in [4.69, 9.17) is 4.74 Å². The zero-order chi connectivity index (χ0) is 22.2. The number of morpholine rings is 1. The number of fused-ring (bicyclic) bond motifs is 1. The lowest BCUT2D eigenvalue weighted by Gasteiger charge is -2.36. The largest absolute Gasteiger partial charge is 0.373 e. The average Bonchev–Trinajstić information content (AvgIpc) is 3.26. The van der Waals surface area contributed by atoms with E-state index in [9.17, 15) is 4.79 Å². The van der Waals surface area contributed by atoms with Crippen molar-refractivity contribution in [1.82, 2.24) is 20.4 Å². The number of nitrogens with zero attached hydrogens (tertiary/aromatic N) is 3. The van der Waals surface area contributed by atoms with E-state index in [0.29, 0.717) is 31.5 Å². The van der Waals surface area contributed by atoms with Crippen molar-refractivity contribution in [1.29, 1.82) is 0 Å². The van der Waals surface area contributed by atoms with Gasteiger partial charge in [-0.15, -0.1) is 24.0 Å². The maximum Gasteiger partial charge on any atom is 0.220 e. The van der Waals surface area contributed by atoms with E-state index in [1.54, 1.807) is 0 Å². The van der Waals surface area contributed by atoms with Gasteiger partial charge in [0.15, 0.2) is 5.96 Å². The summed E-state index contributed by atoms with van der Waals surface area (Å²) < 4.78 is 6.10. The molecule has 7 nitrogen and oxygen atoms in total. The Kier molecular flexibility index (Phi) is 10.7. The first-order valence-corrected chi connectivity index (χ1v) is 12.3.